The third-order valence-corrected chi connectivity index (χ3v) is 4.83. The molecule has 1 aromatic rings. The van der Waals surface area contributed by atoms with Crippen LogP contribution in [-0.4, -0.2) is 43.8 Å². The van der Waals surface area contributed by atoms with Gasteiger partial charge in [-0.3, -0.25) is 4.90 Å². The average Bonchev–Trinajstić information content (AvgIpc) is 2.80. The van der Waals surface area contributed by atoms with Crippen molar-refractivity contribution in [1.29, 1.82) is 0 Å². The molecule has 0 amide bonds. The van der Waals surface area contributed by atoms with Crippen LogP contribution >= 0.6 is 11.6 Å². The molecule has 2 fully saturated rings. The van der Waals surface area contributed by atoms with Crippen LogP contribution in [0.3, 0.4) is 0 Å². The van der Waals surface area contributed by atoms with E-state index in [2.05, 4.69) is 22.3 Å². The fraction of sp³-hybridized carbons (Fsp3) is 0.625. The van der Waals surface area contributed by atoms with Crippen LogP contribution in [0.25, 0.3) is 0 Å². The first kappa shape index (κ1) is 14.3. The van der Waals surface area contributed by atoms with Crippen LogP contribution in [0.5, 0.6) is 0 Å². The van der Waals surface area contributed by atoms with Crippen LogP contribution in [0.2, 0.25) is 5.02 Å². The van der Waals surface area contributed by atoms with Gasteiger partial charge < -0.3 is 10.1 Å². The minimum absolute atomic E-state index is 0.323. The zero-order valence-electron chi connectivity index (χ0n) is 12.0. The number of ether oxygens (including phenoxy) is 1. The van der Waals surface area contributed by atoms with E-state index < -0.39 is 0 Å². The maximum absolute atomic E-state index is 6.30. The second-order valence-electron chi connectivity index (χ2n) is 5.87. The Morgan fingerprint density at radius 2 is 2.00 bits per heavy atom. The molecule has 2 bridgehead atoms. The Morgan fingerprint density at radius 3 is 2.65 bits per heavy atom. The maximum atomic E-state index is 6.30. The van der Waals surface area contributed by atoms with Gasteiger partial charge in [0.15, 0.2) is 0 Å². The molecule has 1 N–H and O–H groups in total. The van der Waals surface area contributed by atoms with E-state index in [0.29, 0.717) is 18.2 Å². The zero-order chi connectivity index (χ0) is 13.9. The van der Waals surface area contributed by atoms with Crippen molar-refractivity contribution in [1.82, 2.24) is 10.2 Å². The lowest BCUT2D eigenvalue weighted by atomic mass is 10.0. The Morgan fingerprint density at radius 1 is 1.30 bits per heavy atom. The van der Waals surface area contributed by atoms with E-state index >= 15 is 0 Å². The first-order chi connectivity index (χ1) is 9.76. The largest absolute Gasteiger partial charge is 0.372 e. The smallest absolute Gasteiger partial charge is 0.0707 e. The Bertz CT molecular complexity index is 442. The van der Waals surface area contributed by atoms with Gasteiger partial charge in [0.25, 0.3) is 0 Å². The van der Waals surface area contributed by atoms with Gasteiger partial charge in [0.2, 0.25) is 0 Å². The number of hydrogen-bond donors (Lipinski definition) is 1. The van der Waals surface area contributed by atoms with Crippen molar-refractivity contribution >= 4 is 11.6 Å². The van der Waals surface area contributed by atoms with Crippen molar-refractivity contribution in [3.05, 3.63) is 34.9 Å². The SMILES string of the molecule is CNC(CCN1CC2CCC(C1)O2)c1ccccc1Cl. The molecule has 2 aliphatic rings. The monoisotopic (exact) mass is 294 g/mol. The predicted octanol–water partition coefficient (Wildman–Crippen LogP) is 2.85. The van der Waals surface area contributed by atoms with Crippen LogP contribution in [-0.2, 0) is 4.74 Å². The number of nitrogens with one attached hydrogen (secondary N) is 1. The van der Waals surface area contributed by atoms with E-state index in [-0.39, 0.29) is 0 Å². The summed E-state index contributed by atoms with van der Waals surface area (Å²) in [5.41, 5.74) is 1.20. The number of halogens is 1. The molecule has 2 heterocycles. The van der Waals surface area contributed by atoms with Crippen molar-refractivity contribution in [2.24, 2.45) is 0 Å². The van der Waals surface area contributed by atoms with Crippen LogP contribution in [0.4, 0.5) is 0 Å². The normalized spacial score (nSPS) is 27.7. The molecule has 20 heavy (non-hydrogen) atoms. The summed E-state index contributed by atoms with van der Waals surface area (Å²) in [5, 5.41) is 4.25. The molecule has 3 atom stereocenters. The molecular weight excluding hydrogens is 272 g/mol. The number of nitrogens with zero attached hydrogens (tertiary/aromatic N) is 1. The number of morpholine rings is 1. The molecule has 110 valence electrons. The topological polar surface area (TPSA) is 24.5 Å². The van der Waals surface area contributed by atoms with Crippen molar-refractivity contribution in [3.8, 4) is 0 Å². The number of hydrogen-bond acceptors (Lipinski definition) is 3. The third-order valence-electron chi connectivity index (χ3n) is 4.48. The molecule has 3 rings (SSSR count). The lowest BCUT2D eigenvalue weighted by Crippen LogP contribution is -2.43. The molecule has 3 nitrogen and oxygen atoms in total. The van der Waals surface area contributed by atoms with E-state index in [0.717, 1.165) is 31.1 Å². The highest BCUT2D eigenvalue weighted by molar-refractivity contribution is 6.31. The van der Waals surface area contributed by atoms with Gasteiger partial charge in [0.05, 0.1) is 12.2 Å². The van der Waals surface area contributed by atoms with Gasteiger partial charge in [0, 0.05) is 30.7 Å². The van der Waals surface area contributed by atoms with Gasteiger partial charge in [0.1, 0.15) is 0 Å². The van der Waals surface area contributed by atoms with Gasteiger partial charge >= 0.3 is 0 Å². The second kappa shape index (κ2) is 6.44. The highest BCUT2D eigenvalue weighted by Crippen LogP contribution is 2.28. The summed E-state index contributed by atoms with van der Waals surface area (Å²) >= 11 is 6.30. The number of fused-ring (bicyclic) bond motifs is 2. The predicted molar refractivity (Wildman–Crippen MR) is 82.2 cm³/mol. The average molecular weight is 295 g/mol. The van der Waals surface area contributed by atoms with E-state index in [1.807, 2.05) is 19.2 Å². The highest BCUT2D eigenvalue weighted by Gasteiger charge is 2.33. The lowest BCUT2D eigenvalue weighted by molar-refractivity contribution is -0.0390. The quantitative estimate of drug-likeness (QED) is 0.904. The van der Waals surface area contributed by atoms with Crippen molar-refractivity contribution in [3.63, 3.8) is 0 Å². The summed E-state index contributed by atoms with van der Waals surface area (Å²) in [6.07, 6.45) is 4.51. The molecule has 2 aliphatic heterocycles. The van der Waals surface area contributed by atoms with E-state index in [1.54, 1.807) is 0 Å². The molecule has 1 aromatic carbocycles. The Hall–Kier alpha value is -0.610. The van der Waals surface area contributed by atoms with Gasteiger partial charge in [-0.25, -0.2) is 0 Å². The molecule has 0 saturated carbocycles. The lowest BCUT2D eigenvalue weighted by Gasteiger charge is -2.33. The molecule has 0 spiro atoms. The molecule has 4 heteroatoms. The highest BCUT2D eigenvalue weighted by atomic mass is 35.5. The minimum Gasteiger partial charge on any atom is -0.372 e. The molecule has 0 radical (unpaired) electrons. The standard InChI is InChI=1S/C16H23ClN2O/c1-18-16(14-4-2-3-5-15(14)17)8-9-19-10-12-6-7-13(11-19)20-12/h2-5,12-13,16,18H,6-11H2,1H3. The number of rotatable bonds is 5. The molecule has 0 aliphatic carbocycles. The molecular formula is C16H23ClN2O. The third kappa shape index (κ3) is 3.17. The molecule has 3 unspecified atom stereocenters. The van der Waals surface area contributed by atoms with E-state index in [9.17, 15) is 0 Å². The van der Waals surface area contributed by atoms with Crippen molar-refractivity contribution < 1.29 is 4.74 Å². The van der Waals surface area contributed by atoms with E-state index in [4.69, 9.17) is 16.3 Å². The fourth-order valence-corrected chi connectivity index (χ4v) is 3.67. The minimum atomic E-state index is 0.323. The first-order valence-electron chi connectivity index (χ1n) is 7.56. The van der Waals surface area contributed by atoms with Gasteiger partial charge in [-0.15, -0.1) is 0 Å². The van der Waals surface area contributed by atoms with Gasteiger partial charge in [-0.1, -0.05) is 29.8 Å². The van der Waals surface area contributed by atoms with E-state index in [1.165, 1.54) is 18.4 Å². The van der Waals surface area contributed by atoms with Crippen LogP contribution in [0.1, 0.15) is 30.9 Å². The van der Waals surface area contributed by atoms with Crippen molar-refractivity contribution in [2.45, 2.75) is 37.5 Å². The Kier molecular flexibility index (Phi) is 4.61. The summed E-state index contributed by atoms with van der Waals surface area (Å²) in [5.74, 6) is 0. The fourth-order valence-electron chi connectivity index (χ4n) is 3.41. The molecule has 0 aromatic heterocycles. The Labute approximate surface area is 126 Å². The Balaban J connectivity index is 1.57. The summed E-state index contributed by atoms with van der Waals surface area (Å²) in [7, 11) is 2.01. The summed E-state index contributed by atoms with van der Waals surface area (Å²) in [4.78, 5) is 2.55. The summed E-state index contributed by atoms with van der Waals surface area (Å²) < 4.78 is 5.89. The zero-order valence-corrected chi connectivity index (χ0v) is 12.8. The summed E-state index contributed by atoms with van der Waals surface area (Å²) in [6, 6.07) is 8.45. The number of likely N-dealkylation sites (tertiary alicyclic amines) is 1. The van der Waals surface area contributed by atoms with Crippen LogP contribution in [0, 0.1) is 0 Å². The van der Waals surface area contributed by atoms with Gasteiger partial charge in [-0.2, -0.15) is 0 Å². The summed E-state index contributed by atoms with van der Waals surface area (Å²) in [6.45, 7) is 3.29. The second-order valence-corrected chi connectivity index (χ2v) is 6.28. The van der Waals surface area contributed by atoms with Crippen LogP contribution < -0.4 is 5.32 Å². The first-order valence-corrected chi connectivity index (χ1v) is 7.93. The van der Waals surface area contributed by atoms with Crippen molar-refractivity contribution in [2.75, 3.05) is 26.7 Å². The van der Waals surface area contributed by atoms with Crippen LogP contribution in [0.15, 0.2) is 24.3 Å². The van der Waals surface area contributed by atoms with Gasteiger partial charge in [-0.05, 0) is 37.9 Å². The number of benzene rings is 1. The molecule has 2 saturated heterocycles. The maximum Gasteiger partial charge on any atom is 0.0707 e.